The Bertz CT molecular complexity index is 1060. The second-order valence-corrected chi connectivity index (χ2v) is 6.40. The van der Waals surface area contributed by atoms with Crippen LogP contribution >= 0.6 is 22.9 Å². The molecule has 4 rings (SSSR count). The first-order valence-corrected chi connectivity index (χ1v) is 8.59. The van der Waals surface area contributed by atoms with Gasteiger partial charge in [0.05, 0.1) is 11.8 Å². The fourth-order valence-corrected chi connectivity index (χ4v) is 3.26. The zero-order valence-corrected chi connectivity index (χ0v) is 14.3. The molecule has 25 heavy (non-hydrogen) atoms. The summed E-state index contributed by atoms with van der Waals surface area (Å²) in [7, 11) is 0. The lowest BCUT2D eigenvalue weighted by atomic mass is 10.3. The fraction of sp³-hybridized carbons (Fsp3) is 0.0625. The summed E-state index contributed by atoms with van der Waals surface area (Å²) in [5, 5.41) is 9.99. The third kappa shape index (κ3) is 3.09. The number of nitrogens with one attached hydrogen (secondary N) is 1. The van der Waals surface area contributed by atoms with Crippen LogP contribution in [0.15, 0.2) is 48.5 Å². The van der Waals surface area contributed by atoms with Gasteiger partial charge in [-0.15, -0.1) is 11.3 Å². The zero-order chi connectivity index (χ0) is 17.2. The van der Waals surface area contributed by atoms with Crippen molar-refractivity contribution in [1.29, 1.82) is 0 Å². The highest BCUT2D eigenvalue weighted by Crippen LogP contribution is 2.26. The largest absolute Gasteiger partial charge is 0.346 e. The summed E-state index contributed by atoms with van der Waals surface area (Å²) in [6, 6.07) is 3.48. The highest BCUT2D eigenvalue weighted by molar-refractivity contribution is 7.13. The van der Waals surface area contributed by atoms with Crippen LogP contribution in [0.4, 0.5) is 0 Å². The third-order valence-corrected chi connectivity index (χ3v) is 4.77. The van der Waals surface area contributed by atoms with Crippen LogP contribution in [0, 0.1) is 0 Å². The molecule has 0 aromatic carbocycles. The van der Waals surface area contributed by atoms with Crippen molar-refractivity contribution in [1.82, 2.24) is 29.9 Å². The lowest BCUT2D eigenvalue weighted by Crippen LogP contribution is -2.23. The molecule has 1 N–H and O–H groups in total. The molecule has 0 bridgehead atoms. The Morgan fingerprint density at radius 1 is 1.32 bits per heavy atom. The average Bonchev–Trinajstić information content (AvgIpc) is 3.27. The molecule has 1 amide bonds. The molecule has 0 spiro atoms. The summed E-state index contributed by atoms with van der Waals surface area (Å²) < 4.78 is 1.67. The second kappa shape index (κ2) is 6.58. The van der Waals surface area contributed by atoms with Crippen molar-refractivity contribution < 1.29 is 4.79 Å². The number of aromatic nitrogens is 5. The number of hydrogen-bond acceptors (Lipinski definition) is 6. The van der Waals surface area contributed by atoms with E-state index in [4.69, 9.17) is 11.6 Å². The molecule has 0 atom stereocenters. The first-order valence-electron chi connectivity index (χ1n) is 7.33. The number of rotatable bonds is 4. The summed E-state index contributed by atoms with van der Waals surface area (Å²) in [4.78, 5) is 25.0. The van der Waals surface area contributed by atoms with E-state index in [0.717, 1.165) is 11.1 Å². The van der Waals surface area contributed by atoms with Crippen molar-refractivity contribution in [3.8, 4) is 10.6 Å². The van der Waals surface area contributed by atoms with Crippen molar-refractivity contribution >= 4 is 34.5 Å². The minimum atomic E-state index is -0.271. The molecule has 124 valence electrons. The summed E-state index contributed by atoms with van der Waals surface area (Å²) >= 11 is 7.43. The molecule has 0 fully saturated rings. The molecule has 4 heterocycles. The van der Waals surface area contributed by atoms with Gasteiger partial charge in [0.15, 0.2) is 5.65 Å². The second-order valence-electron chi connectivity index (χ2n) is 5.13. The monoisotopic (exact) mass is 370 g/mol. The molecule has 4 aromatic rings. The molecule has 9 heteroatoms. The van der Waals surface area contributed by atoms with Gasteiger partial charge in [-0.25, -0.2) is 14.5 Å². The Balaban J connectivity index is 1.53. The van der Waals surface area contributed by atoms with E-state index in [-0.39, 0.29) is 12.5 Å². The van der Waals surface area contributed by atoms with Gasteiger partial charge in [0.1, 0.15) is 10.7 Å². The van der Waals surface area contributed by atoms with Crippen LogP contribution in [0.3, 0.4) is 0 Å². The van der Waals surface area contributed by atoms with Gasteiger partial charge in [0, 0.05) is 47.3 Å². The molecule has 0 radical (unpaired) electrons. The van der Waals surface area contributed by atoms with Gasteiger partial charge in [-0.05, 0) is 12.1 Å². The van der Waals surface area contributed by atoms with Crippen LogP contribution in [-0.4, -0.2) is 30.5 Å². The van der Waals surface area contributed by atoms with Crippen LogP contribution < -0.4 is 5.32 Å². The average molecular weight is 371 g/mol. The van der Waals surface area contributed by atoms with Crippen LogP contribution in [0.5, 0.6) is 0 Å². The predicted octanol–water partition coefficient (Wildman–Crippen LogP) is 2.83. The number of nitrogens with zero attached hydrogens (tertiary/aromatic N) is 5. The van der Waals surface area contributed by atoms with Crippen molar-refractivity contribution in [3.63, 3.8) is 0 Å². The smallest absolute Gasteiger partial charge is 0.271 e. The fourth-order valence-electron chi connectivity index (χ4n) is 2.29. The third-order valence-electron chi connectivity index (χ3n) is 3.53. The minimum absolute atomic E-state index is 0.271. The number of carbonyl (C=O) groups is 1. The van der Waals surface area contributed by atoms with Crippen molar-refractivity contribution in [2.45, 2.75) is 6.54 Å². The van der Waals surface area contributed by atoms with E-state index in [0.29, 0.717) is 21.4 Å². The maximum atomic E-state index is 12.3. The van der Waals surface area contributed by atoms with E-state index in [1.165, 1.54) is 11.3 Å². The highest BCUT2D eigenvalue weighted by Gasteiger charge is 2.15. The van der Waals surface area contributed by atoms with E-state index in [1.54, 1.807) is 46.8 Å². The molecule has 0 unspecified atom stereocenters. The van der Waals surface area contributed by atoms with E-state index in [9.17, 15) is 4.79 Å². The summed E-state index contributed by atoms with van der Waals surface area (Å²) in [6.45, 7) is 0.288. The Morgan fingerprint density at radius 3 is 3.12 bits per heavy atom. The standard InChI is InChI=1S/C16H11ClN6OS/c17-12-2-4-18-6-10(12)7-20-15(24)13-9-25-16(22-13)11-8-21-23-5-1-3-19-14(11)23/h1-6,8-9H,7H2,(H,20,24). The van der Waals surface area contributed by atoms with Crippen molar-refractivity contribution in [3.05, 3.63) is 64.8 Å². The summed E-state index contributed by atoms with van der Waals surface area (Å²) in [5.41, 5.74) is 2.58. The number of amides is 1. The Labute approximate surface area is 151 Å². The normalized spacial score (nSPS) is 10.9. The number of thiazole rings is 1. The van der Waals surface area contributed by atoms with Gasteiger partial charge in [-0.1, -0.05) is 11.6 Å². The molecule has 4 aromatic heterocycles. The maximum Gasteiger partial charge on any atom is 0.271 e. The molecule has 0 aliphatic heterocycles. The number of carbonyl (C=O) groups excluding carboxylic acids is 1. The van der Waals surface area contributed by atoms with E-state index in [1.807, 2.05) is 6.20 Å². The maximum absolute atomic E-state index is 12.3. The lowest BCUT2D eigenvalue weighted by Gasteiger charge is -2.04. The predicted molar refractivity (Wildman–Crippen MR) is 94.5 cm³/mol. The van der Waals surface area contributed by atoms with E-state index in [2.05, 4.69) is 25.4 Å². The number of hydrogen-bond donors (Lipinski definition) is 1. The van der Waals surface area contributed by atoms with Gasteiger partial charge < -0.3 is 5.32 Å². The van der Waals surface area contributed by atoms with Crippen LogP contribution in [0.1, 0.15) is 16.1 Å². The first kappa shape index (κ1) is 15.7. The molecular weight excluding hydrogens is 360 g/mol. The molecule has 0 aliphatic carbocycles. The quantitative estimate of drug-likeness (QED) is 0.597. The van der Waals surface area contributed by atoms with Gasteiger partial charge in [-0.3, -0.25) is 9.78 Å². The van der Waals surface area contributed by atoms with E-state index >= 15 is 0 Å². The highest BCUT2D eigenvalue weighted by atomic mass is 35.5. The molecule has 0 aliphatic rings. The Kier molecular flexibility index (Phi) is 4.12. The Morgan fingerprint density at radius 2 is 2.24 bits per heavy atom. The summed E-state index contributed by atoms with van der Waals surface area (Å²) in [6.07, 6.45) is 8.42. The van der Waals surface area contributed by atoms with Crippen LogP contribution in [0.25, 0.3) is 16.2 Å². The van der Waals surface area contributed by atoms with Crippen molar-refractivity contribution in [2.75, 3.05) is 0 Å². The van der Waals surface area contributed by atoms with Gasteiger partial charge in [0.25, 0.3) is 5.91 Å². The molecule has 0 saturated heterocycles. The SMILES string of the molecule is O=C(NCc1cnccc1Cl)c1csc(-c2cnn3cccnc23)n1. The number of halogens is 1. The minimum Gasteiger partial charge on any atom is -0.346 e. The van der Waals surface area contributed by atoms with Gasteiger partial charge >= 0.3 is 0 Å². The molecule has 0 saturated carbocycles. The zero-order valence-electron chi connectivity index (χ0n) is 12.8. The number of pyridine rings is 1. The van der Waals surface area contributed by atoms with Crippen LogP contribution in [0.2, 0.25) is 5.02 Å². The van der Waals surface area contributed by atoms with Gasteiger partial charge in [0.2, 0.25) is 0 Å². The Hall–Kier alpha value is -2.84. The topological polar surface area (TPSA) is 85.1 Å². The van der Waals surface area contributed by atoms with Crippen molar-refractivity contribution in [2.24, 2.45) is 0 Å². The van der Waals surface area contributed by atoms with E-state index < -0.39 is 0 Å². The van der Waals surface area contributed by atoms with Crippen LogP contribution in [-0.2, 0) is 6.54 Å². The molecule has 7 nitrogen and oxygen atoms in total. The first-order chi connectivity index (χ1) is 12.2. The van der Waals surface area contributed by atoms with Gasteiger partial charge in [-0.2, -0.15) is 5.10 Å². The summed E-state index contributed by atoms with van der Waals surface area (Å²) in [5.74, 6) is -0.271. The lowest BCUT2D eigenvalue weighted by molar-refractivity contribution is 0.0946. The number of fused-ring (bicyclic) bond motifs is 1. The molecular formula is C16H11ClN6OS.